The molecule has 0 aliphatic rings. The van der Waals surface area contributed by atoms with Crippen LogP contribution in [0.3, 0.4) is 0 Å². The van der Waals surface area contributed by atoms with E-state index >= 15 is 0 Å². The summed E-state index contributed by atoms with van der Waals surface area (Å²) in [4.78, 5) is 38.0. The van der Waals surface area contributed by atoms with E-state index in [0.717, 1.165) is 96.3 Å². The van der Waals surface area contributed by atoms with E-state index in [1.54, 1.807) is 0 Å². The molecule has 0 saturated heterocycles. The lowest BCUT2D eigenvalue weighted by molar-refractivity contribution is -0.870. The van der Waals surface area contributed by atoms with Crippen LogP contribution >= 0.6 is 7.82 Å². The highest BCUT2D eigenvalue weighted by Gasteiger charge is 2.22. The predicted molar refractivity (Wildman–Crippen MR) is 369 cm³/mol. The summed E-state index contributed by atoms with van der Waals surface area (Å²) < 4.78 is 34.3. The lowest BCUT2D eigenvalue weighted by atomic mass is 10.0. The average molecular weight is 1220 g/mol. The third-order valence-corrected chi connectivity index (χ3v) is 16.2. The Labute approximate surface area is 531 Å². The number of rotatable bonds is 65. The van der Waals surface area contributed by atoms with E-state index < -0.39 is 32.5 Å². The Morgan fingerprint density at radius 1 is 0.372 bits per heavy atom. The van der Waals surface area contributed by atoms with Crippen LogP contribution in [0.2, 0.25) is 0 Å². The van der Waals surface area contributed by atoms with Crippen molar-refractivity contribution in [3.63, 3.8) is 0 Å². The van der Waals surface area contributed by atoms with Crippen molar-refractivity contribution in [1.82, 2.24) is 0 Å². The number of allylic oxidation sites excluding steroid dienone is 18. The summed E-state index contributed by atoms with van der Waals surface area (Å²) >= 11 is 0. The minimum atomic E-state index is -4.65. The summed E-state index contributed by atoms with van der Waals surface area (Å²) in [7, 11) is 1.16. The van der Waals surface area contributed by atoms with E-state index in [9.17, 15) is 19.0 Å². The molecule has 10 heteroatoms. The fraction of sp³-hybridized carbons (Fsp3) is 0.737. The van der Waals surface area contributed by atoms with Crippen molar-refractivity contribution in [1.29, 1.82) is 0 Å². The van der Waals surface area contributed by atoms with Crippen molar-refractivity contribution < 1.29 is 42.1 Å². The first-order valence-electron chi connectivity index (χ1n) is 35.6. The monoisotopic (exact) mass is 1220 g/mol. The number of phosphoric acid groups is 1. The SMILES string of the molecule is CC/C=C\C/C=C\C/C=C\C/C=C\C/C=C\C/C=C\CCCCCCCCCCCCCCCCCCCCCCCCC(=O)OC(COC(=O)CCCCCCCC/C=C\C/C=C\C/C=C\CCCCCCC)COP(=O)([O-])OCC[N+](C)(C)C. The number of nitrogens with zero attached hydrogens (tertiary/aromatic N) is 1. The predicted octanol–water partition coefficient (Wildman–Crippen LogP) is 22.6. The number of carbonyl (C=O) groups excluding carboxylic acids is 2. The lowest BCUT2D eigenvalue weighted by Gasteiger charge is -2.28. The first kappa shape index (κ1) is 82.7. The number of hydrogen-bond acceptors (Lipinski definition) is 8. The van der Waals surface area contributed by atoms with Crippen LogP contribution in [0.15, 0.2) is 109 Å². The van der Waals surface area contributed by atoms with Crippen LogP contribution in [0.4, 0.5) is 0 Å². The number of likely N-dealkylation sites (N-methyl/N-ethyl adjacent to an activating group) is 1. The summed E-state index contributed by atoms with van der Waals surface area (Å²) in [5.41, 5.74) is 0. The number of carbonyl (C=O) groups is 2. The van der Waals surface area contributed by atoms with Crippen LogP contribution < -0.4 is 4.89 Å². The number of quaternary nitrogens is 1. The molecule has 2 unspecified atom stereocenters. The molecule has 2 atom stereocenters. The highest BCUT2D eigenvalue weighted by molar-refractivity contribution is 7.45. The zero-order valence-electron chi connectivity index (χ0n) is 56.5. The van der Waals surface area contributed by atoms with Gasteiger partial charge in [-0.05, 0) is 103 Å². The van der Waals surface area contributed by atoms with Gasteiger partial charge in [0.2, 0.25) is 0 Å². The van der Waals surface area contributed by atoms with Crippen LogP contribution in [0.5, 0.6) is 0 Å². The van der Waals surface area contributed by atoms with E-state index in [2.05, 4.69) is 123 Å². The van der Waals surface area contributed by atoms with Crippen LogP contribution in [-0.4, -0.2) is 70.0 Å². The Morgan fingerprint density at radius 3 is 0.988 bits per heavy atom. The Kier molecular flexibility index (Phi) is 63.5. The van der Waals surface area contributed by atoms with E-state index in [0.29, 0.717) is 23.9 Å². The van der Waals surface area contributed by atoms with Crippen LogP contribution in [0.1, 0.15) is 309 Å². The number of esters is 2. The average Bonchev–Trinajstić information content (AvgIpc) is 3.70. The van der Waals surface area contributed by atoms with Gasteiger partial charge >= 0.3 is 11.9 Å². The molecule has 0 N–H and O–H groups in total. The van der Waals surface area contributed by atoms with Crippen molar-refractivity contribution in [2.45, 2.75) is 315 Å². The molecule has 0 aromatic heterocycles. The fourth-order valence-corrected chi connectivity index (χ4v) is 10.6. The van der Waals surface area contributed by atoms with E-state index in [1.807, 2.05) is 21.1 Å². The molecule has 0 amide bonds. The number of unbranched alkanes of at least 4 members (excludes halogenated alkanes) is 33. The Balaban J connectivity index is 3.97. The zero-order chi connectivity index (χ0) is 62.6. The third-order valence-electron chi connectivity index (χ3n) is 15.3. The Morgan fingerprint density at radius 2 is 0.663 bits per heavy atom. The number of phosphoric ester groups is 1. The summed E-state index contributed by atoms with van der Waals surface area (Å²) in [5.74, 6) is -0.840. The lowest BCUT2D eigenvalue weighted by Crippen LogP contribution is -2.37. The molecule has 0 aliphatic heterocycles. The van der Waals surface area contributed by atoms with Gasteiger partial charge in [0.15, 0.2) is 6.10 Å². The van der Waals surface area contributed by atoms with Gasteiger partial charge < -0.3 is 27.9 Å². The first-order valence-corrected chi connectivity index (χ1v) is 37.1. The van der Waals surface area contributed by atoms with Gasteiger partial charge in [0.1, 0.15) is 19.8 Å². The van der Waals surface area contributed by atoms with Crippen LogP contribution in [0.25, 0.3) is 0 Å². The molecule has 0 bridgehead atoms. The Bertz CT molecular complexity index is 1820. The molecule has 86 heavy (non-hydrogen) atoms. The van der Waals surface area contributed by atoms with Gasteiger partial charge in [-0.25, -0.2) is 0 Å². The zero-order valence-corrected chi connectivity index (χ0v) is 57.4. The van der Waals surface area contributed by atoms with Crippen molar-refractivity contribution in [3.05, 3.63) is 109 Å². The molecule has 496 valence electrons. The Hall–Kier alpha value is -3.33. The number of ether oxygens (including phenoxy) is 2. The highest BCUT2D eigenvalue weighted by atomic mass is 31.2. The van der Waals surface area contributed by atoms with Gasteiger partial charge in [0.05, 0.1) is 27.7 Å². The topological polar surface area (TPSA) is 111 Å². The van der Waals surface area contributed by atoms with Gasteiger partial charge in [0.25, 0.3) is 7.82 Å². The normalized spacial score (nSPS) is 13.8. The molecule has 0 saturated carbocycles. The largest absolute Gasteiger partial charge is 0.756 e. The van der Waals surface area contributed by atoms with E-state index in [4.69, 9.17) is 18.5 Å². The molecule has 0 heterocycles. The minimum absolute atomic E-state index is 0.0353. The van der Waals surface area contributed by atoms with Crippen molar-refractivity contribution >= 4 is 19.8 Å². The standard InChI is InChI=1S/C76H134NO8P/c1-6-8-10-12-14-16-18-20-22-24-26-28-29-30-31-32-33-34-35-36-37-38-39-40-41-42-43-44-45-46-47-49-51-53-55-57-59-61-63-65-67-69-76(79)85-74(73-84-86(80,81)83-71-70-77(3,4)5)72-82-75(78)68-66-64-62-60-58-56-54-52-50-48-27-25-23-21-19-17-15-13-11-9-7-2/h8,10,14,16,19-22,25-28,30-31,33-34,50,52,74H,6-7,9,11-13,15,17-18,23-24,29,32,35-49,51,53-73H2,1-5H3/b10-8-,16-14-,21-19-,22-20-,27-25-,28-26-,31-30-,34-33-,52-50-. The minimum Gasteiger partial charge on any atom is -0.756 e. The summed E-state index contributed by atoms with van der Waals surface area (Å²) in [6.07, 6.45) is 93.2. The van der Waals surface area contributed by atoms with Crippen molar-refractivity contribution in [2.75, 3.05) is 47.5 Å². The fourth-order valence-electron chi connectivity index (χ4n) is 9.85. The van der Waals surface area contributed by atoms with Gasteiger partial charge in [-0.3, -0.25) is 14.2 Å². The molecule has 0 aromatic carbocycles. The second kappa shape index (κ2) is 66.1. The molecule has 0 spiro atoms. The maximum atomic E-state index is 12.9. The quantitative estimate of drug-likeness (QED) is 0.0195. The first-order chi connectivity index (χ1) is 42.0. The number of hydrogen-bond donors (Lipinski definition) is 0. The molecular formula is C76H134NO8P. The van der Waals surface area contributed by atoms with Crippen LogP contribution in [-0.2, 0) is 32.7 Å². The molecule has 0 fully saturated rings. The molecule has 0 radical (unpaired) electrons. The molecular weight excluding hydrogens is 1090 g/mol. The van der Waals surface area contributed by atoms with Gasteiger partial charge in [-0.2, -0.15) is 0 Å². The van der Waals surface area contributed by atoms with Gasteiger partial charge in [-0.1, -0.05) is 303 Å². The molecule has 0 aliphatic carbocycles. The smallest absolute Gasteiger partial charge is 0.306 e. The van der Waals surface area contributed by atoms with Crippen LogP contribution in [0, 0.1) is 0 Å². The van der Waals surface area contributed by atoms with Gasteiger partial charge in [0, 0.05) is 12.8 Å². The summed E-state index contributed by atoms with van der Waals surface area (Å²) in [5, 5.41) is 0. The van der Waals surface area contributed by atoms with E-state index in [1.165, 1.54) is 173 Å². The highest BCUT2D eigenvalue weighted by Crippen LogP contribution is 2.38. The maximum Gasteiger partial charge on any atom is 0.306 e. The van der Waals surface area contributed by atoms with Crippen molar-refractivity contribution in [3.8, 4) is 0 Å². The summed E-state index contributed by atoms with van der Waals surface area (Å²) in [6, 6.07) is 0. The molecule has 0 rings (SSSR count). The van der Waals surface area contributed by atoms with Gasteiger partial charge in [-0.15, -0.1) is 0 Å². The molecule has 9 nitrogen and oxygen atoms in total. The second-order valence-electron chi connectivity index (χ2n) is 24.9. The molecule has 0 aromatic rings. The second-order valence-corrected chi connectivity index (χ2v) is 26.3. The van der Waals surface area contributed by atoms with Crippen molar-refractivity contribution in [2.24, 2.45) is 0 Å². The summed E-state index contributed by atoms with van der Waals surface area (Å²) in [6.45, 7) is 4.12. The van der Waals surface area contributed by atoms with E-state index in [-0.39, 0.29) is 26.1 Å². The maximum absolute atomic E-state index is 12.9. The third kappa shape index (κ3) is 69.8.